The summed E-state index contributed by atoms with van der Waals surface area (Å²) in [6.07, 6.45) is 1.36. The van der Waals surface area contributed by atoms with Gasteiger partial charge in [0.05, 0.1) is 0 Å². The van der Waals surface area contributed by atoms with Crippen molar-refractivity contribution in [1.82, 2.24) is 15.0 Å². The average molecular weight is 183 g/mol. The van der Waals surface area contributed by atoms with Crippen LogP contribution < -0.4 is 10.4 Å². The van der Waals surface area contributed by atoms with E-state index in [0.717, 1.165) is 13.1 Å². The van der Waals surface area contributed by atoms with Gasteiger partial charge in [-0.05, 0) is 13.8 Å². The van der Waals surface area contributed by atoms with Crippen LogP contribution in [-0.4, -0.2) is 33.2 Å². The molecule has 0 spiro atoms. The highest BCUT2D eigenvalue weighted by atomic mass is 16.5. The van der Waals surface area contributed by atoms with Gasteiger partial charge in [-0.1, -0.05) is 0 Å². The first-order chi connectivity index (χ1) is 6.31. The molecule has 0 atom stereocenters. The number of aromatic nitrogens is 3. The van der Waals surface area contributed by atoms with Crippen molar-refractivity contribution in [2.45, 2.75) is 13.8 Å². The summed E-state index contributed by atoms with van der Waals surface area (Å²) in [4.78, 5) is 13.6. The molecule has 0 bridgehead atoms. The first-order valence-corrected chi connectivity index (χ1v) is 4.15. The number of anilines is 2. The molecule has 0 aliphatic rings. The van der Waals surface area contributed by atoms with Crippen LogP contribution in [0, 0.1) is 0 Å². The van der Waals surface area contributed by atoms with Gasteiger partial charge in [-0.25, -0.2) is 10.5 Å². The van der Waals surface area contributed by atoms with E-state index < -0.39 is 0 Å². The zero-order valence-electron chi connectivity index (χ0n) is 7.73. The van der Waals surface area contributed by atoms with Crippen LogP contribution >= 0.6 is 0 Å². The molecular weight excluding hydrogens is 170 g/mol. The van der Waals surface area contributed by atoms with Gasteiger partial charge in [0.1, 0.15) is 6.33 Å². The van der Waals surface area contributed by atoms with E-state index >= 15 is 0 Å². The molecule has 0 fully saturated rings. The van der Waals surface area contributed by atoms with E-state index in [2.05, 4.69) is 15.0 Å². The maximum absolute atomic E-state index is 8.57. The van der Waals surface area contributed by atoms with Gasteiger partial charge < -0.3 is 4.90 Å². The van der Waals surface area contributed by atoms with Crippen LogP contribution in [0.5, 0.6) is 0 Å². The molecule has 1 rings (SSSR count). The predicted octanol–water partition coefficient (Wildman–Crippen LogP) is 0.519. The number of rotatable bonds is 4. The smallest absolute Gasteiger partial charge is 0.251 e. The second-order valence-corrected chi connectivity index (χ2v) is 2.39. The standard InChI is InChI=1S/C7H13N5O/c1-3-12(4-2)7-9-5-8-6(10-7)11-13/h5,13H,3-4H2,1-2H3,(H,8,9,10,11). The highest BCUT2D eigenvalue weighted by Gasteiger charge is 2.05. The second-order valence-electron chi connectivity index (χ2n) is 2.39. The predicted molar refractivity (Wildman–Crippen MR) is 48.8 cm³/mol. The highest BCUT2D eigenvalue weighted by molar-refractivity contribution is 5.33. The second kappa shape index (κ2) is 4.56. The number of hydrogen-bond acceptors (Lipinski definition) is 6. The van der Waals surface area contributed by atoms with E-state index in [4.69, 9.17) is 5.21 Å². The van der Waals surface area contributed by atoms with E-state index in [-0.39, 0.29) is 5.95 Å². The molecule has 0 saturated heterocycles. The van der Waals surface area contributed by atoms with Crippen molar-refractivity contribution in [1.29, 1.82) is 0 Å². The first-order valence-electron chi connectivity index (χ1n) is 4.15. The van der Waals surface area contributed by atoms with E-state index in [0.29, 0.717) is 5.95 Å². The molecule has 0 saturated carbocycles. The molecule has 0 aliphatic carbocycles. The minimum atomic E-state index is 0.164. The zero-order valence-corrected chi connectivity index (χ0v) is 7.73. The average Bonchev–Trinajstić information content (AvgIpc) is 2.20. The maximum atomic E-state index is 8.57. The Morgan fingerprint density at radius 1 is 1.38 bits per heavy atom. The van der Waals surface area contributed by atoms with E-state index in [1.165, 1.54) is 6.33 Å². The van der Waals surface area contributed by atoms with E-state index in [9.17, 15) is 0 Å². The molecule has 72 valence electrons. The van der Waals surface area contributed by atoms with E-state index in [1.54, 1.807) is 0 Å². The highest BCUT2D eigenvalue weighted by Crippen LogP contribution is 2.06. The van der Waals surface area contributed by atoms with Crippen LogP contribution in [0.4, 0.5) is 11.9 Å². The molecule has 0 unspecified atom stereocenters. The van der Waals surface area contributed by atoms with Crippen LogP contribution in [0.3, 0.4) is 0 Å². The molecule has 0 aliphatic heterocycles. The number of hydrogen-bond donors (Lipinski definition) is 2. The Balaban J connectivity index is 2.86. The Morgan fingerprint density at radius 2 is 2.08 bits per heavy atom. The normalized spacial score (nSPS) is 9.77. The molecule has 1 aromatic rings. The van der Waals surface area contributed by atoms with Crippen molar-refractivity contribution in [3.05, 3.63) is 6.33 Å². The third kappa shape index (κ3) is 2.25. The lowest BCUT2D eigenvalue weighted by atomic mass is 10.5. The van der Waals surface area contributed by atoms with Crippen molar-refractivity contribution < 1.29 is 5.21 Å². The van der Waals surface area contributed by atoms with Crippen molar-refractivity contribution >= 4 is 11.9 Å². The molecule has 1 heterocycles. The van der Waals surface area contributed by atoms with Gasteiger partial charge >= 0.3 is 0 Å². The van der Waals surface area contributed by atoms with Crippen LogP contribution in [-0.2, 0) is 0 Å². The molecular formula is C7H13N5O. The lowest BCUT2D eigenvalue weighted by Gasteiger charge is -2.17. The molecule has 0 amide bonds. The van der Waals surface area contributed by atoms with Crippen molar-refractivity contribution in [2.75, 3.05) is 23.5 Å². The van der Waals surface area contributed by atoms with Gasteiger partial charge in [0.25, 0.3) is 5.95 Å². The lowest BCUT2D eigenvalue weighted by molar-refractivity contribution is 0.382. The Hall–Kier alpha value is -1.43. The summed E-state index contributed by atoms with van der Waals surface area (Å²) in [6, 6.07) is 0. The Labute approximate surface area is 76.6 Å². The molecule has 6 heteroatoms. The van der Waals surface area contributed by atoms with Crippen LogP contribution in [0.25, 0.3) is 0 Å². The quantitative estimate of drug-likeness (QED) is 0.663. The van der Waals surface area contributed by atoms with Gasteiger partial charge in [-0.3, -0.25) is 5.21 Å². The van der Waals surface area contributed by atoms with Gasteiger partial charge in [-0.15, -0.1) is 0 Å². The minimum absolute atomic E-state index is 0.164. The van der Waals surface area contributed by atoms with Crippen molar-refractivity contribution in [3.63, 3.8) is 0 Å². The third-order valence-corrected chi connectivity index (χ3v) is 1.71. The van der Waals surface area contributed by atoms with Crippen LogP contribution in [0.2, 0.25) is 0 Å². The summed E-state index contributed by atoms with van der Waals surface area (Å²) < 4.78 is 0. The Morgan fingerprint density at radius 3 is 2.62 bits per heavy atom. The molecule has 2 N–H and O–H groups in total. The summed E-state index contributed by atoms with van der Waals surface area (Å²) in [7, 11) is 0. The first kappa shape index (κ1) is 9.66. The molecule has 0 aromatic carbocycles. The van der Waals surface area contributed by atoms with Crippen molar-refractivity contribution in [3.8, 4) is 0 Å². The molecule has 6 nitrogen and oxygen atoms in total. The monoisotopic (exact) mass is 183 g/mol. The van der Waals surface area contributed by atoms with Crippen molar-refractivity contribution in [2.24, 2.45) is 0 Å². The third-order valence-electron chi connectivity index (χ3n) is 1.71. The van der Waals surface area contributed by atoms with E-state index in [1.807, 2.05) is 24.2 Å². The van der Waals surface area contributed by atoms with Crippen LogP contribution in [0.15, 0.2) is 6.33 Å². The summed E-state index contributed by atoms with van der Waals surface area (Å²) in [5.74, 6) is 0.730. The SMILES string of the molecule is CCN(CC)c1ncnc(NO)n1. The fourth-order valence-electron chi connectivity index (χ4n) is 1.00. The van der Waals surface area contributed by atoms with Gasteiger partial charge in [0, 0.05) is 13.1 Å². The summed E-state index contributed by atoms with van der Waals surface area (Å²) >= 11 is 0. The van der Waals surface area contributed by atoms with Gasteiger partial charge in [0.15, 0.2) is 0 Å². The molecule has 0 radical (unpaired) electrons. The maximum Gasteiger partial charge on any atom is 0.251 e. The van der Waals surface area contributed by atoms with Crippen LogP contribution in [0.1, 0.15) is 13.8 Å². The molecule has 13 heavy (non-hydrogen) atoms. The zero-order chi connectivity index (χ0) is 9.68. The summed E-state index contributed by atoms with van der Waals surface area (Å²) in [5, 5.41) is 8.57. The Bertz CT molecular complexity index is 263. The number of nitrogens with zero attached hydrogens (tertiary/aromatic N) is 4. The fraction of sp³-hybridized carbons (Fsp3) is 0.571. The minimum Gasteiger partial charge on any atom is -0.341 e. The fourth-order valence-corrected chi connectivity index (χ4v) is 1.00. The Kier molecular flexibility index (Phi) is 3.39. The largest absolute Gasteiger partial charge is 0.341 e. The molecule has 1 aromatic heterocycles. The topological polar surface area (TPSA) is 74.2 Å². The van der Waals surface area contributed by atoms with Gasteiger partial charge in [0.2, 0.25) is 5.95 Å². The lowest BCUT2D eigenvalue weighted by Crippen LogP contribution is -2.24. The van der Waals surface area contributed by atoms with Gasteiger partial charge in [-0.2, -0.15) is 9.97 Å². The number of nitrogens with one attached hydrogen (secondary N) is 1. The summed E-state index contributed by atoms with van der Waals surface area (Å²) in [6.45, 7) is 5.68. The summed E-state index contributed by atoms with van der Waals surface area (Å²) in [5.41, 5.74) is 1.88.